The van der Waals surface area contributed by atoms with Crippen LogP contribution in [0.3, 0.4) is 0 Å². The lowest BCUT2D eigenvalue weighted by atomic mass is 10.1. The Bertz CT molecular complexity index is 1100. The molecule has 10 heteroatoms. The van der Waals surface area contributed by atoms with Gasteiger partial charge in [0.25, 0.3) is 5.91 Å². The van der Waals surface area contributed by atoms with Crippen LogP contribution in [-0.4, -0.2) is 33.7 Å². The third-order valence-electron chi connectivity index (χ3n) is 4.48. The minimum atomic E-state index is -1.17. The predicted molar refractivity (Wildman–Crippen MR) is 128 cm³/mol. The second-order valence-electron chi connectivity index (χ2n) is 6.85. The first-order chi connectivity index (χ1) is 15.6. The Morgan fingerprint density at radius 3 is 2.06 bits per heavy atom. The monoisotopic (exact) mass is 491 g/mol. The Kier molecular flexibility index (Phi) is 9.20. The number of halogens is 2. The largest absolute Gasteiger partial charge is 0.505 e. The maximum atomic E-state index is 12.0. The zero-order chi connectivity index (χ0) is 24.5. The average molecular weight is 492 g/mol. The number of aryl methyl sites for hydroxylation is 1. The molecule has 0 bridgehead atoms. The molecule has 0 unspecified atom stereocenters. The first kappa shape index (κ1) is 25.6. The molecule has 1 amide bonds. The topological polar surface area (TPSA) is 131 Å². The smallest absolute Gasteiger partial charge is 0.339 e. The highest BCUT2D eigenvalue weighted by atomic mass is 35.5. The summed E-state index contributed by atoms with van der Waals surface area (Å²) in [5.41, 5.74) is 1.63. The van der Waals surface area contributed by atoms with Crippen LogP contribution in [0.5, 0.6) is 0 Å². The molecule has 33 heavy (non-hydrogen) atoms. The van der Waals surface area contributed by atoms with Crippen LogP contribution in [0.25, 0.3) is 0 Å². The van der Waals surface area contributed by atoms with E-state index in [2.05, 4.69) is 29.1 Å². The maximum Gasteiger partial charge on any atom is 0.339 e. The van der Waals surface area contributed by atoms with Gasteiger partial charge in [-0.2, -0.15) is 0 Å². The lowest BCUT2D eigenvalue weighted by Gasteiger charge is -2.14. The second-order valence-corrected chi connectivity index (χ2v) is 7.66. The number of aliphatic carboxylic acids is 1. The number of aliphatic hydroxyl groups is 2. The van der Waals surface area contributed by atoms with Crippen LogP contribution in [0.15, 0.2) is 90.0 Å². The third kappa shape index (κ3) is 7.20. The molecule has 0 fully saturated rings. The minimum absolute atomic E-state index is 0.135. The Morgan fingerprint density at radius 2 is 1.52 bits per heavy atom. The zero-order valence-corrected chi connectivity index (χ0v) is 19.0. The van der Waals surface area contributed by atoms with Crippen molar-refractivity contribution in [3.63, 3.8) is 0 Å². The summed E-state index contributed by atoms with van der Waals surface area (Å²) in [4.78, 5) is 22.3. The van der Waals surface area contributed by atoms with Crippen molar-refractivity contribution in [3.8, 4) is 0 Å². The van der Waals surface area contributed by atoms with Gasteiger partial charge in [-0.25, -0.2) is 4.79 Å². The fourth-order valence-corrected chi connectivity index (χ4v) is 3.03. The molecule has 0 atom stereocenters. The summed E-state index contributed by atoms with van der Waals surface area (Å²) in [7, 11) is 0. The fraction of sp³-hybridized carbons (Fsp3) is 0.130. The lowest BCUT2D eigenvalue weighted by molar-refractivity contribution is -0.132. The molecule has 0 saturated heterocycles. The van der Waals surface area contributed by atoms with E-state index in [1.807, 2.05) is 12.1 Å². The normalized spacial score (nSPS) is 14.8. The number of hydrogen-bond donors (Lipinski definition) is 6. The Hall–Kier alpha value is -3.62. The number of aliphatic hydroxyl groups excluding tert-OH is 2. The third-order valence-corrected chi connectivity index (χ3v) is 5.22. The van der Waals surface area contributed by atoms with E-state index in [0.717, 1.165) is 18.4 Å². The van der Waals surface area contributed by atoms with Gasteiger partial charge in [0.1, 0.15) is 5.57 Å². The molecule has 0 spiro atoms. The first-order valence-corrected chi connectivity index (χ1v) is 10.4. The van der Waals surface area contributed by atoms with E-state index in [9.17, 15) is 14.7 Å². The van der Waals surface area contributed by atoms with Crippen molar-refractivity contribution in [1.82, 2.24) is 16.0 Å². The summed E-state index contributed by atoms with van der Waals surface area (Å²) >= 11 is 11.8. The summed E-state index contributed by atoms with van der Waals surface area (Å²) in [6.07, 6.45) is 7.27. The molecule has 6 N–H and O–H groups in total. The van der Waals surface area contributed by atoms with Crippen LogP contribution in [-0.2, 0) is 16.0 Å². The average Bonchev–Trinajstić information content (AvgIpc) is 2.77. The SMILES string of the molecule is C=C1NC=CC(C(=O)NCCCc2ccc(Cl)c(Cl)c2)=C1O.C=C1NC=CC(C(=O)O)=C1O. The van der Waals surface area contributed by atoms with Crippen LogP contribution in [0.4, 0.5) is 0 Å². The lowest BCUT2D eigenvalue weighted by Crippen LogP contribution is -2.28. The molecule has 174 valence electrons. The number of carboxylic acid groups (broad SMARTS) is 1. The summed E-state index contributed by atoms with van der Waals surface area (Å²) in [6, 6.07) is 5.48. The van der Waals surface area contributed by atoms with Crippen molar-refractivity contribution in [1.29, 1.82) is 0 Å². The van der Waals surface area contributed by atoms with Gasteiger partial charge in [0.15, 0.2) is 11.5 Å². The number of carbonyl (C=O) groups is 2. The van der Waals surface area contributed by atoms with E-state index in [1.54, 1.807) is 12.3 Å². The molecule has 8 nitrogen and oxygen atoms in total. The molecule has 2 heterocycles. The number of hydrogen-bond acceptors (Lipinski definition) is 6. The van der Waals surface area contributed by atoms with Gasteiger partial charge in [-0.15, -0.1) is 0 Å². The van der Waals surface area contributed by atoms with Crippen molar-refractivity contribution in [3.05, 3.63) is 106 Å². The Labute approximate surface area is 200 Å². The van der Waals surface area contributed by atoms with Crippen LogP contribution >= 0.6 is 23.2 Å². The van der Waals surface area contributed by atoms with Crippen molar-refractivity contribution >= 4 is 35.1 Å². The van der Waals surface area contributed by atoms with E-state index in [-0.39, 0.29) is 34.3 Å². The van der Waals surface area contributed by atoms with Gasteiger partial charge < -0.3 is 31.3 Å². The van der Waals surface area contributed by atoms with Crippen molar-refractivity contribution < 1.29 is 24.9 Å². The molecule has 0 aliphatic carbocycles. The standard InChI is InChI=1S/C16H16Cl2N2O2.C7H7NO3/c1-10-15(21)12(6-8-19-10)16(22)20-7-2-3-11-4-5-13(17)14(18)9-11;1-4-6(9)5(7(10)11)2-3-8-4/h4-6,8-9,19,21H,1-3,7H2,(H,20,22);2-3,8-9H,1H2,(H,10,11). The van der Waals surface area contributed by atoms with Gasteiger partial charge in [-0.05, 0) is 42.7 Å². The molecule has 2 aliphatic heterocycles. The zero-order valence-electron chi connectivity index (χ0n) is 17.5. The second kappa shape index (κ2) is 11.8. The Balaban J connectivity index is 0.000000294. The molecule has 0 saturated carbocycles. The van der Waals surface area contributed by atoms with Crippen LogP contribution in [0, 0.1) is 0 Å². The van der Waals surface area contributed by atoms with E-state index in [0.29, 0.717) is 22.3 Å². The fourth-order valence-electron chi connectivity index (χ4n) is 2.71. The number of carboxylic acids is 1. The van der Waals surface area contributed by atoms with Gasteiger partial charge in [-0.1, -0.05) is 42.4 Å². The van der Waals surface area contributed by atoms with E-state index in [4.69, 9.17) is 33.4 Å². The molecular formula is C23H23Cl2N3O5. The number of dihydropyridines is 2. The first-order valence-electron chi connectivity index (χ1n) is 9.68. The molecule has 3 rings (SSSR count). The van der Waals surface area contributed by atoms with Crippen LogP contribution in [0.1, 0.15) is 12.0 Å². The quantitative estimate of drug-likeness (QED) is 0.331. The van der Waals surface area contributed by atoms with Gasteiger partial charge >= 0.3 is 5.97 Å². The predicted octanol–water partition coefficient (Wildman–Crippen LogP) is 4.00. The summed E-state index contributed by atoms with van der Waals surface area (Å²) < 4.78 is 0. The van der Waals surface area contributed by atoms with Gasteiger partial charge in [0.05, 0.1) is 27.0 Å². The number of carbonyl (C=O) groups excluding carboxylic acids is 1. The van der Waals surface area contributed by atoms with E-state index in [1.165, 1.54) is 18.4 Å². The summed E-state index contributed by atoms with van der Waals surface area (Å²) in [5.74, 6) is -1.95. The van der Waals surface area contributed by atoms with Crippen LogP contribution < -0.4 is 16.0 Å². The highest BCUT2D eigenvalue weighted by Crippen LogP contribution is 2.23. The Morgan fingerprint density at radius 1 is 0.939 bits per heavy atom. The molecular weight excluding hydrogens is 469 g/mol. The van der Waals surface area contributed by atoms with Crippen molar-refractivity contribution in [2.45, 2.75) is 12.8 Å². The molecule has 1 aromatic carbocycles. The summed E-state index contributed by atoms with van der Waals surface area (Å²) in [5, 5.41) is 36.5. The van der Waals surface area contributed by atoms with Gasteiger partial charge in [0, 0.05) is 18.9 Å². The maximum absolute atomic E-state index is 12.0. The summed E-state index contributed by atoms with van der Waals surface area (Å²) in [6.45, 7) is 7.49. The van der Waals surface area contributed by atoms with Crippen molar-refractivity contribution in [2.75, 3.05) is 6.54 Å². The number of nitrogens with one attached hydrogen (secondary N) is 3. The van der Waals surface area contributed by atoms with Gasteiger partial charge in [-0.3, -0.25) is 4.79 Å². The molecule has 0 aromatic heterocycles. The highest BCUT2D eigenvalue weighted by Gasteiger charge is 2.17. The molecule has 1 aromatic rings. The van der Waals surface area contributed by atoms with E-state index >= 15 is 0 Å². The minimum Gasteiger partial charge on any atom is -0.505 e. The van der Waals surface area contributed by atoms with Crippen molar-refractivity contribution in [2.24, 2.45) is 0 Å². The number of amides is 1. The number of rotatable bonds is 6. The number of benzene rings is 1. The van der Waals surface area contributed by atoms with Crippen LogP contribution in [0.2, 0.25) is 10.0 Å². The molecule has 2 aliphatic rings. The molecule has 0 radical (unpaired) electrons. The van der Waals surface area contributed by atoms with Gasteiger partial charge in [0.2, 0.25) is 0 Å². The highest BCUT2D eigenvalue weighted by molar-refractivity contribution is 6.42. The van der Waals surface area contributed by atoms with E-state index < -0.39 is 5.97 Å².